The van der Waals surface area contributed by atoms with Crippen molar-refractivity contribution in [2.24, 2.45) is 0 Å². The van der Waals surface area contributed by atoms with Gasteiger partial charge in [-0.05, 0) is 29.8 Å². The molecule has 0 saturated carbocycles. The molecule has 7 heteroatoms. The van der Waals surface area contributed by atoms with Crippen LogP contribution in [0.3, 0.4) is 0 Å². The molecule has 1 aromatic heterocycles. The van der Waals surface area contributed by atoms with Crippen LogP contribution in [0.4, 0.5) is 4.39 Å². The predicted octanol–water partition coefficient (Wildman–Crippen LogP) is 3.43. The zero-order chi connectivity index (χ0) is 18.4. The molecule has 3 rings (SSSR count). The number of imidazole rings is 1. The number of nitrogens with zero attached hydrogens (tertiary/aromatic N) is 2. The Hall–Kier alpha value is -2.80. The number of thioether (sulfide) groups is 1. The molecule has 0 aliphatic heterocycles. The van der Waals surface area contributed by atoms with E-state index in [1.54, 1.807) is 25.4 Å². The second-order valence-corrected chi connectivity index (χ2v) is 6.42. The van der Waals surface area contributed by atoms with Crippen LogP contribution >= 0.6 is 11.8 Å². The lowest BCUT2D eigenvalue weighted by atomic mass is 10.2. The lowest BCUT2D eigenvalue weighted by Gasteiger charge is -2.09. The summed E-state index contributed by atoms with van der Waals surface area (Å²) in [5, 5.41) is 3.54. The predicted molar refractivity (Wildman–Crippen MR) is 99.1 cm³/mol. The summed E-state index contributed by atoms with van der Waals surface area (Å²) in [5.74, 6) is 0.589. The summed E-state index contributed by atoms with van der Waals surface area (Å²) in [4.78, 5) is 16.4. The van der Waals surface area contributed by atoms with E-state index in [1.807, 2.05) is 35.0 Å². The van der Waals surface area contributed by atoms with E-state index in [-0.39, 0.29) is 17.5 Å². The van der Waals surface area contributed by atoms with Crippen molar-refractivity contribution in [1.29, 1.82) is 0 Å². The van der Waals surface area contributed by atoms with Crippen molar-refractivity contribution in [3.05, 3.63) is 72.3 Å². The van der Waals surface area contributed by atoms with E-state index in [0.29, 0.717) is 6.54 Å². The second kappa shape index (κ2) is 8.53. The molecule has 0 atom stereocenters. The molecule has 0 spiro atoms. The normalized spacial score (nSPS) is 10.5. The molecule has 134 valence electrons. The van der Waals surface area contributed by atoms with E-state index < -0.39 is 0 Å². The standard InChI is InChI=1S/C19H18FN3O2S/c1-25-17-4-2-3-16(11-17)23-10-9-21-19(23)26-13-18(24)22-12-14-5-7-15(20)8-6-14/h2-11H,12-13H2,1H3,(H,22,24). The van der Waals surface area contributed by atoms with Gasteiger partial charge in [0.2, 0.25) is 5.91 Å². The van der Waals surface area contributed by atoms with Gasteiger partial charge in [-0.3, -0.25) is 9.36 Å². The molecule has 2 aromatic carbocycles. The van der Waals surface area contributed by atoms with Crippen LogP contribution in [0.1, 0.15) is 5.56 Å². The third-order valence-corrected chi connectivity index (χ3v) is 4.64. The van der Waals surface area contributed by atoms with E-state index in [0.717, 1.165) is 22.2 Å². The van der Waals surface area contributed by atoms with E-state index in [4.69, 9.17) is 4.74 Å². The smallest absolute Gasteiger partial charge is 0.230 e. The molecule has 0 aliphatic rings. The minimum Gasteiger partial charge on any atom is -0.497 e. The third-order valence-electron chi connectivity index (χ3n) is 3.67. The number of halogens is 1. The van der Waals surface area contributed by atoms with Crippen molar-refractivity contribution < 1.29 is 13.9 Å². The van der Waals surface area contributed by atoms with Crippen molar-refractivity contribution in [3.8, 4) is 11.4 Å². The van der Waals surface area contributed by atoms with Crippen LogP contribution in [0.15, 0.2) is 66.1 Å². The molecule has 26 heavy (non-hydrogen) atoms. The molecule has 5 nitrogen and oxygen atoms in total. The van der Waals surface area contributed by atoms with Gasteiger partial charge in [-0.25, -0.2) is 9.37 Å². The molecule has 0 fully saturated rings. The van der Waals surface area contributed by atoms with Gasteiger partial charge in [-0.2, -0.15) is 0 Å². The van der Waals surface area contributed by atoms with E-state index in [9.17, 15) is 9.18 Å². The van der Waals surface area contributed by atoms with Gasteiger partial charge in [0.1, 0.15) is 11.6 Å². The molecule has 0 unspecified atom stereocenters. The number of hydrogen-bond acceptors (Lipinski definition) is 4. The van der Waals surface area contributed by atoms with E-state index >= 15 is 0 Å². The molecule has 1 heterocycles. The molecule has 0 saturated heterocycles. The highest BCUT2D eigenvalue weighted by atomic mass is 32.2. The first-order valence-electron chi connectivity index (χ1n) is 7.97. The Morgan fingerprint density at radius 1 is 1.27 bits per heavy atom. The Bertz CT molecular complexity index is 881. The van der Waals surface area contributed by atoms with Crippen LogP contribution in [0, 0.1) is 5.82 Å². The molecule has 1 N–H and O–H groups in total. The fraction of sp³-hybridized carbons (Fsp3) is 0.158. The van der Waals surface area contributed by atoms with Crippen molar-refractivity contribution >= 4 is 17.7 Å². The summed E-state index contributed by atoms with van der Waals surface area (Å²) in [6.07, 6.45) is 3.53. The number of amides is 1. The van der Waals surface area contributed by atoms with Crippen LogP contribution in [0.25, 0.3) is 5.69 Å². The highest BCUT2D eigenvalue weighted by molar-refractivity contribution is 7.99. The largest absolute Gasteiger partial charge is 0.497 e. The molecule has 0 aliphatic carbocycles. The number of nitrogens with one attached hydrogen (secondary N) is 1. The van der Waals surface area contributed by atoms with Crippen LogP contribution in [-0.2, 0) is 11.3 Å². The van der Waals surface area contributed by atoms with Crippen molar-refractivity contribution in [3.63, 3.8) is 0 Å². The van der Waals surface area contributed by atoms with Crippen molar-refractivity contribution in [1.82, 2.24) is 14.9 Å². The van der Waals surface area contributed by atoms with E-state index in [1.165, 1.54) is 23.9 Å². The second-order valence-electron chi connectivity index (χ2n) is 5.47. The third kappa shape index (κ3) is 4.64. The van der Waals surface area contributed by atoms with Gasteiger partial charge in [0.15, 0.2) is 5.16 Å². The number of hydrogen-bond donors (Lipinski definition) is 1. The average Bonchev–Trinajstić information content (AvgIpc) is 3.14. The molecule has 0 radical (unpaired) electrons. The van der Waals surface area contributed by atoms with Gasteiger partial charge in [0.25, 0.3) is 0 Å². The average molecular weight is 371 g/mol. The Morgan fingerprint density at radius 3 is 2.85 bits per heavy atom. The molecule has 3 aromatic rings. The first-order chi connectivity index (χ1) is 12.7. The summed E-state index contributed by atoms with van der Waals surface area (Å²) >= 11 is 1.35. The van der Waals surface area contributed by atoms with Crippen LogP contribution in [0.2, 0.25) is 0 Å². The first kappa shape index (κ1) is 18.0. The van der Waals surface area contributed by atoms with Crippen LogP contribution in [0.5, 0.6) is 5.75 Å². The Kier molecular flexibility index (Phi) is 5.91. The summed E-state index contributed by atoms with van der Waals surface area (Å²) in [5.41, 5.74) is 1.76. The lowest BCUT2D eigenvalue weighted by molar-refractivity contribution is -0.118. The number of rotatable bonds is 7. The summed E-state index contributed by atoms with van der Waals surface area (Å²) in [7, 11) is 1.62. The summed E-state index contributed by atoms with van der Waals surface area (Å²) < 4.78 is 20.0. The Balaban J connectivity index is 1.57. The minimum absolute atomic E-state index is 0.112. The number of ether oxygens (including phenoxy) is 1. The van der Waals surface area contributed by atoms with Gasteiger partial charge >= 0.3 is 0 Å². The highest BCUT2D eigenvalue weighted by Crippen LogP contribution is 2.23. The molecular formula is C19H18FN3O2S. The number of aromatic nitrogens is 2. The molecular weight excluding hydrogens is 353 g/mol. The summed E-state index contributed by atoms with van der Waals surface area (Å²) in [6, 6.07) is 13.7. The maximum atomic E-state index is 12.9. The number of benzene rings is 2. The first-order valence-corrected chi connectivity index (χ1v) is 8.96. The highest BCUT2D eigenvalue weighted by Gasteiger charge is 2.09. The maximum absolute atomic E-state index is 12.9. The van der Waals surface area contributed by atoms with Gasteiger partial charge in [0, 0.05) is 25.0 Å². The zero-order valence-electron chi connectivity index (χ0n) is 14.2. The molecule has 1 amide bonds. The zero-order valence-corrected chi connectivity index (χ0v) is 15.0. The maximum Gasteiger partial charge on any atom is 0.230 e. The van der Waals surface area contributed by atoms with Crippen molar-refractivity contribution in [2.75, 3.05) is 12.9 Å². The minimum atomic E-state index is -0.292. The lowest BCUT2D eigenvalue weighted by Crippen LogP contribution is -2.24. The summed E-state index contributed by atoms with van der Waals surface area (Å²) in [6.45, 7) is 0.365. The van der Waals surface area contributed by atoms with Crippen LogP contribution < -0.4 is 10.1 Å². The van der Waals surface area contributed by atoms with Crippen LogP contribution in [-0.4, -0.2) is 28.3 Å². The quantitative estimate of drug-likeness (QED) is 0.647. The van der Waals surface area contributed by atoms with Crippen molar-refractivity contribution in [2.45, 2.75) is 11.7 Å². The Morgan fingerprint density at radius 2 is 2.08 bits per heavy atom. The number of carbonyl (C=O) groups is 1. The van der Waals surface area contributed by atoms with Gasteiger partial charge < -0.3 is 10.1 Å². The topological polar surface area (TPSA) is 56.2 Å². The van der Waals surface area contributed by atoms with Gasteiger partial charge in [-0.15, -0.1) is 0 Å². The number of carbonyl (C=O) groups excluding carboxylic acids is 1. The number of methoxy groups -OCH3 is 1. The monoisotopic (exact) mass is 371 g/mol. The SMILES string of the molecule is COc1cccc(-n2ccnc2SCC(=O)NCc2ccc(F)cc2)c1. The Labute approximate surface area is 155 Å². The fourth-order valence-corrected chi connectivity index (χ4v) is 3.14. The van der Waals surface area contributed by atoms with E-state index in [2.05, 4.69) is 10.3 Å². The van der Waals surface area contributed by atoms with Gasteiger partial charge in [-0.1, -0.05) is 30.0 Å². The fourth-order valence-electron chi connectivity index (χ4n) is 2.34. The van der Waals surface area contributed by atoms with Gasteiger partial charge in [0.05, 0.1) is 18.6 Å². The molecule has 0 bridgehead atoms.